The Hall–Kier alpha value is -3.88. The van der Waals surface area contributed by atoms with E-state index in [1.54, 1.807) is 25.1 Å². The first-order chi connectivity index (χ1) is 17.0. The highest BCUT2D eigenvalue weighted by atomic mass is 16.5. The maximum atomic E-state index is 14.1. The van der Waals surface area contributed by atoms with Crippen LogP contribution in [-0.4, -0.2) is 61.8 Å². The summed E-state index contributed by atoms with van der Waals surface area (Å²) < 4.78 is 6.19. The summed E-state index contributed by atoms with van der Waals surface area (Å²) in [4.78, 5) is 29.8. The van der Waals surface area contributed by atoms with Gasteiger partial charge >= 0.3 is 0 Å². The molecule has 1 amide bonds. The number of hydrogen-bond acceptors (Lipinski definition) is 8. The van der Waals surface area contributed by atoms with Crippen molar-refractivity contribution in [3.63, 3.8) is 0 Å². The van der Waals surface area contributed by atoms with Gasteiger partial charge in [0, 0.05) is 39.5 Å². The monoisotopic (exact) mass is 495 g/mol. The van der Waals surface area contributed by atoms with Crippen LogP contribution in [0, 0.1) is 5.92 Å². The minimum atomic E-state index is -1.04. The zero-order chi connectivity index (χ0) is 26.5. The van der Waals surface area contributed by atoms with E-state index in [0.717, 1.165) is 24.1 Å². The molecular formula is C27H33N3O6. The number of fused-ring (bicyclic) bond motifs is 3. The number of allylic oxidation sites excluding steroid dienone is 1. The third kappa shape index (κ3) is 3.79. The van der Waals surface area contributed by atoms with E-state index in [0.29, 0.717) is 41.9 Å². The second-order valence-electron chi connectivity index (χ2n) is 9.76. The van der Waals surface area contributed by atoms with Crippen molar-refractivity contribution in [3.05, 3.63) is 45.5 Å². The summed E-state index contributed by atoms with van der Waals surface area (Å²) in [6.07, 6.45) is 2.40. The van der Waals surface area contributed by atoms with Gasteiger partial charge in [0.25, 0.3) is 5.91 Å². The highest BCUT2D eigenvalue weighted by molar-refractivity contribution is 6.20. The standard InChI is InChI=1S/C27H33N3O6/c1-6-7-10-36-26-18-13(11-14-16(29(2)3)8-9-17(31)19(14)26)12-15-20(23(18)32)24(33)21(27(28)35)25(34)22(15)30(4)5/h8-9,13,31,33-34H,6-7,10-12H2,1-5H3,(H2,28,35). The summed E-state index contributed by atoms with van der Waals surface area (Å²) in [6.45, 7) is 2.38. The average molecular weight is 496 g/mol. The minimum absolute atomic E-state index is 0.00776. The number of benzene rings is 2. The van der Waals surface area contributed by atoms with E-state index >= 15 is 0 Å². The highest BCUT2D eigenvalue weighted by Gasteiger charge is 2.44. The molecule has 0 radical (unpaired) electrons. The van der Waals surface area contributed by atoms with E-state index in [1.165, 1.54) is 0 Å². The van der Waals surface area contributed by atoms with Gasteiger partial charge in [-0.25, -0.2) is 0 Å². The number of primary amides is 1. The van der Waals surface area contributed by atoms with E-state index < -0.39 is 28.8 Å². The van der Waals surface area contributed by atoms with Crippen LogP contribution in [0.4, 0.5) is 11.4 Å². The zero-order valence-electron chi connectivity index (χ0n) is 21.3. The molecular weight excluding hydrogens is 462 g/mol. The number of hydrogen-bond donors (Lipinski definition) is 4. The number of anilines is 2. The quantitative estimate of drug-likeness (QED) is 0.430. The summed E-state index contributed by atoms with van der Waals surface area (Å²) in [6, 6.07) is 3.42. The number of rotatable bonds is 7. The van der Waals surface area contributed by atoms with Gasteiger partial charge in [-0.3, -0.25) is 9.59 Å². The molecule has 36 heavy (non-hydrogen) atoms. The lowest BCUT2D eigenvalue weighted by Gasteiger charge is -2.37. The van der Waals surface area contributed by atoms with Crippen LogP contribution in [0.2, 0.25) is 0 Å². The van der Waals surface area contributed by atoms with Crippen molar-refractivity contribution in [2.75, 3.05) is 44.6 Å². The fraction of sp³-hybridized carbons (Fsp3) is 0.407. The van der Waals surface area contributed by atoms with Crippen molar-refractivity contribution in [2.24, 2.45) is 11.7 Å². The van der Waals surface area contributed by atoms with Crippen molar-refractivity contribution in [2.45, 2.75) is 32.6 Å². The molecule has 0 saturated carbocycles. The first-order valence-corrected chi connectivity index (χ1v) is 12.0. The Bertz CT molecular complexity index is 1300. The molecule has 4 rings (SSSR count). The van der Waals surface area contributed by atoms with Crippen LogP contribution in [0.5, 0.6) is 17.2 Å². The van der Waals surface area contributed by atoms with Gasteiger partial charge in [-0.05, 0) is 48.4 Å². The number of aromatic hydroxyl groups is 3. The van der Waals surface area contributed by atoms with Crippen molar-refractivity contribution in [3.8, 4) is 17.2 Å². The summed E-state index contributed by atoms with van der Waals surface area (Å²) in [5, 5.41) is 32.8. The lowest BCUT2D eigenvalue weighted by molar-refractivity contribution is 0.0994. The number of nitrogens with two attached hydrogens (primary N) is 1. The largest absolute Gasteiger partial charge is 0.507 e. The van der Waals surface area contributed by atoms with Gasteiger partial charge in [0.2, 0.25) is 0 Å². The molecule has 0 aromatic heterocycles. The van der Waals surface area contributed by atoms with E-state index in [2.05, 4.69) is 0 Å². The van der Waals surface area contributed by atoms with Gasteiger partial charge in [0.15, 0.2) is 11.5 Å². The molecule has 1 unspecified atom stereocenters. The fourth-order valence-corrected chi connectivity index (χ4v) is 5.40. The molecule has 0 aliphatic heterocycles. The van der Waals surface area contributed by atoms with Gasteiger partial charge in [-0.15, -0.1) is 0 Å². The number of carbonyl (C=O) groups excluding carboxylic acids is 2. The van der Waals surface area contributed by atoms with Gasteiger partial charge in [0.05, 0.1) is 23.4 Å². The summed E-state index contributed by atoms with van der Waals surface area (Å²) in [7, 11) is 7.20. The minimum Gasteiger partial charge on any atom is -0.507 e. The molecule has 0 heterocycles. The normalized spacial score (nSPS) is 16.2. The second kappa shape index (κ2) is 9.29. The third-order valence-corrected chi connectivity index (χ3v) is 6.96. The molecule has 0 fully saturated rings. The maximum Gasteiger partial charge on any atom is 0.256 e. The van der Waals surface area contributed by atoms with Gasteiger partial charge in [-0.2, -0.15) is 0 Å². The topological polar surface area (TPSA) is 137 Å². The Morgan fingerprint density at radius 2 is 1.69 bits per heavy atom. The number of carbonyl (C=O) groups is 2. The summed E-state index contributed by atoms with van der Waals surface area (Å²) >= 11 is 0. The van der Waals surface area contributed by atoms with Crippen LogP contribution in [-0.2, 0) is 17.6 Å². The van der Waals surface area contributed by atoms with Crippen LogP contribution in [0.25, 0.3) is 5.76 Å². The van der Waals surface area contributed by atoms with Gasteiger partial charge in [-0.1, -0.05) is 13.3 Å². The maximum absolute atomic E-state index is 14.1. The molecule has 192 valence electrons. The van der Waals surface area contributed by atoms with Gasteiger partial charge in [0.1, 0.15) is 22.8 Å². The average Bonchev–Trinajstić information content (AvgIpc) is 2.77. The van der Waals surface area contributed by atoms with Gasteiger partial charge < -0.3 is 35.6 Å². The molecule has 2 aromatic rings. The van der Waals surface area contributed by atoms with Crippen molar-refractivity contribution >= 4 is 28.8 Å². The first-order valence-electron chi connectivity index (χ1n) is 12.0. The molecule has 0 spiro atoms. The number of amides is 1. The Morgan fingerprint density at radius 1 is 1.03 bits per heavy atom. The lowest BCUT2D eigenvalue weighted by Crippen LogP contribution is -2.33. The molecule has 0 bridgehead atoms. The number of phenolic OH excluding ortho intramolecular Hbond substituents is 1. The third-order valence-electron chi connectivity index (χ3n) is 6.96. The first kappa shape index (κ1) is 25.2. The van der Waals surface area contributed by atoms with E-state index in [9.17, 15) is 24.9 Å². The Labute approximate surface area is 210 Å². The number of ether oxygens (including phenoxy) is 1. The fourth-order valence-electron chi connectivity index (χ4n) is 5.40. The number of Topliss-reactive ketones (excluding diaryl/α,β-unsaturated/α-hetero) is 1. The lowest BCUT2D eigenvalue weighted by atomic mass is 9.70. The SMILES string of the molecule is CCCCOC1=C2C(=O)c3c(O)c(C(N)=O)c(O)c(N(C)C)c3CC2Cc2c(N(C)C)ccc(O)c21. The Balaban J connectivity index is 2.05. The molecule has 2 aliphatic carbocycles. The zero-order valence-corrected chi connectivity index (χ0v) is 21.3. The molecule has 2 aromatic carbocycles. The van der Waals surface area contributed by atoms with Crippen LogP contribution in [0.1, 0.15) is 57.2 Å². The molecule has 2 aliphatic rings. The molecule has 5 N–H and O–H groups in total. The number of ketones is 1. The van der Waals surface area contributed by atoms with Crippen LogP contribution in [0.15, 0.2) is 17.7 Å². The highest BCUT2D eigenvalue weighted by Crippen LogP contribution is 2.52. The molecule has 9 heteroatoms. The van der Waals surface area contributed by atoms with Crippen molar-refractivity contribution < 1.29 is 29.6 Å². The summed E-state index contributed by atoms with van der Waals surface area (Å²) in [5.41, 5.74) is 8.21. The molecule has 0 saturated heterocycles. The predicted molar refractivity (Wildman–Crippen MR) is 138 cm³/mol. The van der Waals surface area contributed by atoms with E-state index in [4.69, 9.17) is 10.5 Å². The van der Waals surface area contributed by atoms with Crippen molar-refractivity contribution in [1.82, 2.24) is 0 Å². The smallest absolute Gasteiger partial charge is 0.256 e. The number of unbranched alkanes of at least 4 members (excludes halogenated alkanes) is 1. The molecule has 1 atom stereocenters. The summed E-state index contributed by atoms with van der Waals surface area (Å²) in [5.74, 6) is -2.66. The van der Waals surface area contributed by atoms with Crippen LogP contribution >= 0.6 is 0 Å². The Kier molecular flexibility index (Phi) is 6.51. The van der Waals surface area contributed by atoms with E-state index in [1.807, 2.05) is 32.0 Å². The van der Waals surface area contributed by atoms with Crippen LogP contribution in [0.3, 0.4) is 0 Å². The van der Waals surface area contributed by atoms with E-state index in [-0.39, 0.29) is 22.9 Å². The second-order valence-corrected chi connectivity index (χ2v) is 9.76. The predicted octanol–water partition coefficient (Wildman–Crippen LogP) is 3.17. The number of nitrogens with zero attached hydrogens (tertiary/aromatic N) is 2. The van der Waals surface area contributed by atoms with Crippen molar-refractivity contribution in [1.29, 1.82) is 0 Å². The Morgan fingerprint density at radius 3 is 2.28 bits per heavy atom. The molecule has 9 nitrogen and oxygen atoms in total. The van der Waals surface area contributed by atoms with Crippen LogP contribution < -0.4 is 15.5 Å². The number of phenols is 3.